The van der Waals surface area contributed by atoms with Crippen LogP contribution in [0.25, 0.3) is 0 Å². The number of alkyl halides is 2. The van der Waals surface area contributed by atoms with Crippen molar-refractivity contribution in [1.29, 1.82) is 0 Å². The molecule has 0 aliphatic rings. The van der Waals surface area contributed by atoms with E-state index in [1.54, 1.807) is 0 Å². The molecule has 3 heteroatoms. The summed E-state index contributed by atoms with van der Waals surface area (Å²) in [4.78, 5) is 10.9. The van der Waals surface area contributed by atoms with Gasteiger partial charge in [-0.25, -0.2) is 0 Å². The van der Waals surface area contributed by atoms with Gasteiger partial charge in [0.15, 0.2) is 0 Å². The summed E-state index contributed by atoms with van der Waals surface area (Å²) in [5.41, 5.74) is 2.91. The number of hydrogen-bond acceptors (Lipinski definition) is 1. The van der Waals surface area contributed by atoms with Gasteiger partial charge >= 0.3 is 0 Å². The van der Waals surface area contributed by atoms with Crippen molar-refractivity contribution in [3.8, 4) is 0 Å². The van der Waals surface area contributed by atoms with Crippen LogP contribution in [0, 0.1) is 11.8 Å². The molecule has 1 rings (SSSR count). The van der Waals surface area contributed by atoms with Crippen LogP contribution >= 0.6 is 23.2 Å². The highest BCUT2D eigenvalue weighted by atomic mass is 35.5. The van der Waals surface area contributed by atoms with E-state index in [0.29, 0.717) is 29.2 Å². The zero-order chi connectivity index (χ0) is 13.5. The van der Waals surface area contributed by atoms with Gasteiger partial charge in [0.05, 0.1) is 0 Å². The standard InChI is InChI=1S/C15H19Cl2O/c1-11(8-16)5-13-3-4-14(10-18)15(7-13)6-12(2)9-17/h3-4,7,11-12H,5-6,8-9H2,1-2H3. The molecule has 0 aliphatic carbocycles. The molecule has 0 amide bonds. The van der Waals surface area contributed by atoms with Crippen molar-refractivity contribution in [1.82, 2.24) is 0 Å². The molecule has 0 N–H and O–H groups in total. The molecular weight excluding hydrogens is 267 g/mol. The van der Waals surface area contributed by atoms with Gasteiger partial charge in [0, 0.05) is 17.3 Å². The van der Waals surface area contributed by atoms with Crippen LogP contribution in [0.3, 0.4) is 0 Å². The Morgan fingerprint density at radius 2 is 1.72 bits per heavy atom. The van der Waals surface area contributed by atoms with Gasteiger partial charge in [-0.05, 0) is 35.8 Å². The van der Waals surface area contributed by atoms with Crippen molar-refractivity contribution in [2.45, 2.75) is 26.7 Å². The van der Waals surface area contributed by atoms with Crippen LogP contribution in [-0.4, -0.2) is 18.0 Å². The number of hydrogen-bond donors (Lipinski definition) is 0. The second kappa shape index (κ2) is 7.81. The molecule has 0 aliphatic heterocycles. The van der Waals surface area contributed by atoms with Gasteiger partial charge in [-0.3, -0.25) is 4.79 Å². The molecule has 0 bridgehead atoms. The molecule has 0 spiro atoms. The largest absolute Gasteiger partial charge is 0.285 e. The maximum atomic E-state index is 10.9. The molecule has 0 saturated carbocycles. The summed E-state index contributed by atoms with van der Waals surface area (Å²) in [6.45, 7) is 4.20. The Morgan fingerprint density at radius 3 is 2.28 bits per heavy atom. The Labute approximate surface area is 119 Å². The smallest absolute Gasteiger partial charge is 0.233 e. The van der Waals surface area contributed by atoms with Gasteiger partial charge in [0.2, 0.25) is 6.29 Å². The zero-order valence-corrected chi connectivity index (χ0v) is 12.4. The Bertz CT molecular complexity index is 390. The van der Waals surface area contributed by atoms with Crippen molar-refractivity contribution in [2.75, 3.05) is 11.8 Å². The molecule has 1 aromatic carbocycles. The Hall–Kier alpha value is -0.530. The fraction of sp³-hybridized carbons (Fsp3) is 0.533. The van der Waals surface area contributed by atoms with E-state index >= 15 is 0 Å². The van der Waals surface area contributed by atoms with E-state index in [1.165, 1.54) is 5.56 Å². The van der Waals surface area contributed by atoms with Gasteiger partial charge in [0.25, 0.3) is 0 Å². The maximum absolute atomic E-state index is 10.9. The molecule has 0 aromatic heterocycles. The first kappa shape index (κ1) is 15.5. The van der Waals surface area contributed by atoms with Gasteiger partial charge in [-0.1, -0.05) is 32.0 Å². The number of carbonyl (C=O) groups excluding carboxylic acids is 1. The third-order valence-corrected chi connectivity index (χ3v) is 4.01. The summed E-state index contributed by atoms with van der Waals surface area (Å²) in [6.07, 6.45) is 3.75. The fourth-order valence-corrected chi connectivity index (χ4v) is 2.15. The minimum Gasteiger partial charge on any atom is -0.285 e. The second-order valence-corrected chi connectivity index (χ2v) is 5.64. The van der Waals surface area contributed by atoms with Crippen LogP contribution < -0.4 is 0 Å². The lowest BCUT2D eigenvalue weighted by Crippen LogP contribution is -2.06. The highest BCUT2D eigenvalue weighted by molar-refractivity contribution is 6.18. The Kier molecular flexibility index (Phi) is 6.73. The minimum atomic E-state index is 0.361. The monoisotopic (exact) mass is 285 g/mol. The highest BCUT2D eigenvalue weighted by Crippen LogP contribution is 2.18. The van der Waals surface area contributed by atoms with E-state index in [-0.39, 0.29) is 0 Å². The third kappa shape index (κ3) is 4.62. The predicted molar refractivity (Wildman–Crippen MR) is 78.4 cm³/mol. The van der Waals surface area contributed by atoms with Crippen LogP contribution in [0.5, 0.6) is 0 Å². The van der Waals surface area contributed by atoms with Crippen LogP contribution in [0.2, 0.25) is 0 Å². The Morgan fingerprint density at radius 1 is 1.11 bits per heavy atom. The number of halogens is 2. The van der Waals surface area contributed by atoms with Gasteiger partial charge in [0.1, 0.15) is 0 Å². The molecule has 1 radical (unpaired) electrons. The quantitative estimate of drug-likeness (QED) is 0.693. The number of rotatable bonds is 7. The number of benzene rings is 1. The first-order valence-corrected chi connectivity index (χ1v) is 7.29. The third-order valence-electron chi connectivity index (χ3n) is 2.96. The van der Waals surface area contributed by atoms with Crippen LogP contribution in [0.15, 0.2) is 18.2 Å². The lowest BCUT2D eigenvalue weighted by molar-refractivity contribution is 0.561. The highest BCUT2D eigenvalue weighted by Gasteiger charge is 2.10. The molecule has 0 saturated heterocycles. The molecule has 0 heterocycles. The first-order chi connectivity index (χ1) is 8.60. The van der Waals surface area contributed by atoms with Crippen LogP contribution in [0.4, 0.5) is 0 Å². The van der Waals surface area contributed by atoms with E-state index in [9.17, 15) is 4.79 Å². The molecule has 1 nitrogen and oxygen atoms in total. The van der Waals surface area contributed by atoms with Crippen LogP contribution in [-0.2, 0) is 17.6 Å². The minimum absolute atomic E-state index is 0.361. The van der Waals surface area contributed by atoms with E-state index in [4.69, 9.17) is 23.2 Å². The summed E-state index contributed by atoms with van der Waals surface area (Å²) in [7, 11) is 0. The molecule has 2 atom stereocenters. The predicted octanol–water partition coefficient (Wildman–Crippen LogP) is 3.98. The van der Waals surface area contributed by atoms with E-state index in [2.05, 4.69) is 19.9 Å². The van der Waals surface area contributed by atoms with Gasteiger partial charge < -0.3 is 0 Å². The lowest BCUT2D eigenvalue weighted by atomic mass is 9.93. The second-order valence-electron chi connectivity index (χ2n) is 5.02. The molecule has 99 valence electrons. The Balaban J connectivity index is 2.90. The maximum Gasteiger partial charge on any atom is 0.233 e. The first-order valence-electron chi connectivity index (χ1n) is 6.22. The zero-order valence-electron chi connectivity index (χ0n) is 10.9. The topological polar surface area (TPSA) is 17.1 Å². The SMILES string of the molecule is CC(CCl)Cc1ccc([C]=O)c(CC(C)CCl)c1. The summed E-state index contributed by atoms with van der Waals surface area (Å²) in [5.74, 6) is 2.05. The van der Waals surface area contributed by atoms with E-state index in [1.807, 2.05) is 18.4 Å². The average Bonchev–Trinajstić information content (AvgIpc) is 2.38. The molecule has 2 unspecified atom stereocenters. The van der Waals surface area contributed by atoms with E-state index in [0.717, 1.165) is 18.4 Å². The van der Waals surface area contributed by atoms with E-state index < -0.39 is 0 Å². The summed E-state index contributed by atoms with van der Waals surface area (Å²) < 4.78 is 0. The fourth-order valence-electron chi connectivity index (χ4n) is 1.93. The molecule has 1 aromatic rings. The van der Waals surface area contributed by atoms with Crippen molar-refractivity contribution >= 4 is 29.5 Å². The van der Waals surface area contributed by atoms with Crippen molar-refractivity contribution in [3.05, 3.63) is 34.9 Å². The molecule has 0 fully saturated rings. The molecule has 18 heavy (non-hydrogen) atoms. The van der Waals surface area contributed by atoms with Gasteiger partial charge in [-0.15, -0.1) is 23.2 Å². The van der Waals surface area contributed by atoms with Crippen molar-refractivity contribution < 1.29 is 4.79 Å². The average molecular weight is 286 g/mol. The van der Waals surface area contributed by atoms with Crippen molar-refractivity contribution in [3.63, 3.8) is 0 Å². The summed E-state index contributed by atoms with van der Waals surface area (Å²) in [6, 6.07) is 5.92. The van der Waals surface area contributed by atoms with Crippen molar-refractivity contribution in [2.24, 2.45) is 11.8 Å². The normalized spacial score (nSPS) is 14.2. The molecular formula is C15H19Cl2O. The summed E-state index contributed by atoms with van der Waals surface area (Å²) >= 11 is 11.7. The van der Waals surface area contributed by atoms with Gasteiger partial charge in [-0.2, -0.15) is 0 Å². The lowest BCUT2D eigenvalue weighted by Gasteiger charge is -2.13. The van der Waals surface area contributed by atoms with Crippen LogP contribution in [0.1, 0.15) is 30.5 Å². The summed E-state index contributed by atoms with van der Waals surface area (Å²) in [5, 5.41) is 0.